The molecule has 7 aliphatic heterocycles. The van der Waals surface area contributed by atoms with E-state index in [4.69, 9.17) is 61.0 Å². The fraction of sp³-hybridized carbons (Fsp3) is 0.444. The van der Waals surface area contributed by atoms with Crippen LogP contribution in [0.25, 0.3) is 11.1 Å². The van der Waals surface area contributed by atoms with Crippen LogP contribution in [0.1, 0.15) is 142 Å². The van der Waals surface area contributed by atoms with Gasteiger partial charge in [0.25, 0.3) is 0 Å². The maximum absolute atomic E-state index is 16.3. The summed E-state index contributed by atoms with van der Waals surface area (Å²) in [5, 5.41) is 125. The molecule has 2 fully saturated rings. The Morgan fingerprint density at radius 1 is 0.720 bits per heavy atom. The number of phenols is 2. The van der Waals surface area contributed by atoms with Crippen LogP contribution >= 0.6 is 11.6 Å². The van der Waals surface area contributed by atoms with Gasteiger partial charge in [-0.25, -0.2) is 9.59 Å². The molecule has 2 saturated heterocycles. The molecule has 7 aliphatic rings. The molecule has 7 heterocycles. The van der Waals surface area contributed by atoms with Crippen LogP contribution in [-0.4, -0.2) is 205 Å². The Labute approximate surface area is 681 Å². The number of nitrogens with two attached hydrogens (primary N) is 2. The number of amides is 8. The number of ether oxygens (including phenoxy) is 8. The molecule has 8 amide bonds. The molecule has 0 aromatic heterocycles. The first-order valence-corrected chi connectivity index (χ1v) is 38.7. The van der Waals surface area contributed by atoms with E-state index in [0.717, 1.165) is 85.5 Å². The number of aromatic hydroxyl groups is 2. The summed E-state index contributed by atoms with van der Waals surface area (Å²) >= 11 is 7.16. The van der Waals surface area contributed by atoms with Crippen LogP contribution in [0, 0.1) is 12.8 Å². The second kappa shape index (κ2) is 37.7. The van der Waals surface area contributed by atoms with Crippen LogP contribution in [-0.2, 0) is 59.0 Å². The van der Waals surface area contributed by atoms with E-state index in [1.165, 1.54) is 46.0 Å². The van der Waals surface area contributed by atoms with Gasteiger partial charge in [-0.3, -0.25) is 33.6 Å². The Balaban J connectivity index is 1.09. The van der Waals surface area contributed by atoms with Gasteiger partial charge in [0.2, 0.25) is 53.4 Å². The molecule has 21 N–H and O–H groups in total. The highest BCUT2D eigenvalue weighted by atomic mass is 35.5. The van der Waals surface area contributed by atoms with Crippen LogP contribution < -0.4 is 77.7 Å². The van der Waals surface area contributed by atoms with Gasteiger partial charge in [0, 0.05) is 41.3 Å². The number of carboxylic acids is 1. The number of primary amides is 1. The van der Waals surface area contributed by atoms with Crippen molar-refractivity contribution in [1.82, 2.24) is 42.5 Å². The highest BCUT2D eigenvalue weighted by Crippen LogP contribution is 2.50. The number of rotatable bonds is 22. The van der Waals surface area contributed by atoms with Crippen LogP contribution in [0.3, 0.4) is 0 Å². The topological polar surface area (TPSA) is 558 Å². The lowest BCUT2D eigenvalue weighted by Crippen LogP contribution is -2.64. The van der Waals surface area contributed by atoms with Crippen molar-refractivity contribution in [2.45, 2.75) is 196 Å². The fourth-order valence-corrected chi connectivity index (χ4v) is 14.7. The number of carbonyl (C=O) groups excluding carboxylic acids is 8. The molecule has 0 aliphatic carbocycles. The lowest BCUT2D eigenvalue weighted by Gasteiger charge is -2.47. The number of hydrogen-bond donors (Lipinski definition) is 19. The van der Waals surface area contributed by atoms with Gasteiger partial charge in [-0.15, -0.1) is 0 Å². The van der Waals surface area contributed by atoms with Crippen LogP contribution in [0.5, 0.6) is 51.7 Å². The second-order valence-electron chi connectivity index (χ2n) is 30.3. The zero-order chi connectivity index (χ0) is 85.5. The second-order valence-corrected chi connectivity index (χ2v) is 30.7. The van der Waals surface area contributed by atoms with Crippen molar-refractivity contribution in [3.63, 3.8) is 0 Å². The molecule has 118 heavy (non-hydrogen) atoms. The molecule has 6 aromatic carbocycles. The van der Waals surface area contributed by atoms with Gasteiger partial charge < -0.3 is 138 Å². The largest absolute Gasteiger partial charge is 0.507 e. The van der Waals surface area contributed by atoms with Crippen molar-refractivity contribution >= 4 is 65.0 Å². The summed E-state index contributed by atoms with van der Waals surface area (Å²) < 4.78 is 50.3. The predicted molar refractivity (Wildman–Crippen MR) is 417 cm³/mol. The molecule has 13 rings (SSSR count). The number of fused-ring (bicyclic) bond motifs is 15. The third-order valence-electron chi connectivity index (χ3n) is 20.8. The van der Waals surface area contributed by atoms with E-state index in [9.17, 15) is 65.1 Å². The minimum Gasteiger partial charge on any atom is -0.507 e. The van der Waals surface area contributed by atoms with E-state index in [1.807, 2.05) is 26.0 Å². The molecule has 6 aromatic rings. The number of likely N-dealkylation sites (N-methyl/N-ethyl adjacent to an activating group) is 1. The number of benzene rings is 6. The Kier molecular flexibility index (Phi) is 28.1. The van der Waals surface area contributed by atoms with E-state index >= 15 is 24.0 Å². The average Bonchev–Trinajstić information content (AvgIpc) is 0.764. The van der Waals surface area contributed by atoms with Crippen molar-refractivity contribution in [3.8, 4) is 62.9 Å². The molecule has 11 bridgehead atoms. The minimum absolute atomic E-state index is 0.00797. The Morgan fingerprint density at radius 3 is 2.03 bits per heavy atom. The van der Waals surface area contributed by atoms with Crippen molar-refractivity contribution in [2.24, 2.45) is 17.4 Å². The van der Waals surface area contributed by atoms with Crippen molar-refractivity contribution in [3.05, 3.63) is 147 Å². The highest BCUT2D eigenvalue weighted by Gasteiger charge is 2.52. The maximum atomic E-state index is 16.3. The molecule has 0 radical (unpaired) electrons. The van der Waals surface area contributed by atoms with Crippen LogP contribution in [0.2, 0.25) is 5.02 Å². The van der Waals surface area contributed by atoms with Gasteiger partial charge in [0.15, 0.2) is 29.9 Å². The molecule has 0 saturated carbocycles. The van der Waals surface area contributed by atoms with Gasteiger partial charge in [0.05, 0.1) is 42.9 Å². The van der Waals surface area contributed by atoms with E-state index in [2.05, 4.69) is 49.5 Å². The Hall–Kier alpha value is -11.0. The van der Waals surface area contributed by atoms with Crippen molar-refractivity contribution < 1.29 is 127 Å². The Bertz CT molecular complexity index is 4750. The molecule has 634 valence electrons. The smallest absolute Gasteiger partial charge is 0.412 e. The van der Waals surface area contributed by atoms with Gasteiger partial charge in [-0.2, -0.15) is 0 Å². The molecular weight excluding hydrogens is 1560 g/mol. The summed E-state index contributed by atoms with van der Waals surface area (Å²) in [5.41, 5.74) is 9.12. The first kappa shape index (κ1) is 87.8. The first-order valence-electron chi connectivity index (χ1n) is 38.3. The number of nitrogens with one attached hydrogen (secondary N) is 8. The number of aliphatic hydroxyl groups excluding tert-OH is 6. The van der Waals surface area contributed by atoms with Gasteiger partial charge in [-0.1, -0.05) is 75.5 Å². The standard InChI is InChI=1S/C81H97ClN10O26/c1-8-9-10-23-111-43-16-11-38(12-17-43)21-22-86-80(110)113-44-30-46-59(51(95)31-44)45-26-39(13-18-50(45)94)60-74(104)92-64(77(107)90-62(46)78(108)109)66(98)41-15-20-53(47(82)27-41)115-55-29-42-28-54(69(55)118-79-70(68(100)67(99)56(34-93)116-79)117-58-33-81(6,84)71(101)37(5)112-58)114-52-19-14-40(25-36(52)4)65(97)63(91-72(102)48(85-7)24-35(2)3)76(106)87-49(32-57(83)96)73(103)88-61(42)75(105)89-60/h11-20,25-31,35,37,48-49,56,58,60-68,70-71,79,85,93-95,97-101H,8-10,21-24,32-34,84H2,1-7H3,(H2,83,96)(H,86,110)(H,87,106)(H,88,103)(H,89,105)(H,90,107)(H,91,102)(H,92,104)(H,108,109)/t37-,48+,49-,56+,58-,60+,61+,62-,63+,64-,65+,66+,67+,68-,70+,71+,79-,81-/m0/s1. The summed E-state index contributed by atoms with van der Waals surface area (Å²) in [6.45, 7) is 9.84. The normalized spacial score (nSPS) is 26.8. The molecule has 37 heteroatoms. The van der Waals surface area contributed by atoms with E-state index in [1.54, 1.807) is 12.1 Å². The third kappa shape index (κ3) is 20.2. The molecule has 18 atom stereocenters. The summed E-state index contributed by atoms with van der Waals surface area (Å²) in [5.74, 6) is -14.8. The monoisotopic (exact) mass is 1660 g/mol. The van der Waals surface area contributed by atoms with Crippen LogP contribution in [0.4, 0.5) is 4.79 Å². The SMILES string of the molecule is CCCCCOc1ccc(CCNC(=O)Oc2cc(O)c3c(c2)[C@@H](C(=O)O)NC(=O)[C@H]2NC(=O)[C@H](NC(=O)[C@@H]4NC(=O)[C@H](CC(N)=O)NC(=O)[C@H](NC(=O)[C@@H](CC(C)C)NC)[C@H](O)c5ccc(c(C)c5)Oc5cc4cc(c5O[C@@H]4O[C@H](CO)[C@@H](O)[C@H](O)[C@H]4O[C@H]4C[C@](C)(N)[C@H](O)[C@H](C)O4)Oc4ccc(cc4Cl)[C@H]2O)c2ccc(O)c-3c2)cc1. The van der Waals surface area contributed by atoms with E-state index in [-0.39, 0.29) is 59.1 Å². The number of aliphatic hydroxyl groups is 6. The van der Waals surface area contributed by atoms with Gasteiger partial charge in [-0.05, 0) is 153 Å². The number of phenolic OH excluding ortho intramolecular Hbond substituents is 2. The zero-order valence-corrected chi connectivity index (χ0v) is 66.0. The number of carboxylic acid groups (broad SMARTS) is 1. The van der Waals surface area contributed by atoms with E-state index < -0.39 is 237 Å². The number of carbonyl (C=O) groups is 9. The average molecular weight is 1660 g/mol. The zero-order valence-electron chi connectivity index (χ0n) is 65.3. The van der Waals surface area contributed by atoms with E-state index in [0.29, 0.717) is 18.8 Å². The number of halogens is 1. The minimum atomic E-state index is -2.35. The van der Waals surface area contributed by atoms with Crippen molar-refractivity contribution in [2.75, 3.05) is 26.8 Å². The fourth-order valence-electron chi connectivity index (χ4n) is 14.5. The lowest BCUT2D eigenvalue weighted by molar-refractivity contribution is -0.333. The first-order chi connectivity index (χ1) is 56.0. The highest BCUT2D eigenvalue weighted by molar-refractivity contribution is 6.32. The number of aliphatic carboxylic acids is 1. The lowest BCUT2D eigenvalue weighted by atomic mass is 9.86. The van der Waals surface area contributed by atoms with Crippen LogP contribution in [0.15, 0.2) is 103 Å². The third-order valence-corrected chi connectivity index (χ3v) is 21.1. The van der Waals surface area contributed by atoms with Gasteiger partial charge in [0.1, 0.15) is 95.2 Å². The molecule has 0 spiro atoms. The summed E-state index contributed by atoms with van der Waals surface area (Å²) in [6, 6.07) is 7.23. The predicted octanol–water partition coefficient (Wildman–Crippen LogP) is 2.96. The summed E-state index contributed by atoms with van der Waals surface area (Å²) in [4.78, 5) is 133. The number of hydrogen-bond acceptors (Lipinski definition) is 27. The quantitative estimate of drug-likeness (QED) is 0.0434. The molecular formula is C81H97ClN10O26. The van der Waals surface area contributed by atoms with Gasteiger partial charge >= 0.3 is 12.1 Å². The maximum Gasteiger partial charge on any atom is 0.412 e. The molecule has 36 nitrogen and oxygen atoms in total. The summed E-state index contributed by atoms with van der Waals surface area (Å²) in [6.07, 6.45) is -16.4. The number of aryl methyl sites for hydroxylation is 1. The van der Waals surface area contributed by atoms with Crippen molar-refractivity contribution in [1.29, 1.82) is 0 Å². The Morgan fingerprint density at radius 2 is 1.38 bits per heavy atom. The molecule has 0 unspecified atom stereocenters. The summed E-state index contributed by atoms with van der Waals surface area (Å²) in [7, 11) is 1.49. The number of unbranched alkanes of at least 4 members (excludes halogenated alkanes) is 2.